The third-order valence-electron chi connectivity index (χ3n) is 5.12. The molecular formula is C26H28N4O4. The molecule has 4 rings (SSSR count). The lowest BCUT2D eigenvalue weighted by molar-refractivity contribution is 0.0528. The number of carbonyl (C=O) groups excluding carboxylic acids is 1. The fraction of sp³-hybridized carbons (Fsp3) is 0.308. The van der Waals surface area contributed by atoms with Crippen LogP contribution in [0, 0.1) is 0 Å². The van der Waals surface area contributed by atoms with Gasteiger partial charge in [-0.3, -0.25) is 4.99 Å². The van der Waals surface area contributed by atoms with Crippen molar-refractivity contribution in [2.45, 2.75) is 33.2 Å². The molecule has 1 aromatic heterocycles. The van der Waals surface area contributed by atoms with Crippen LogP contribution in [-0.4, -0.2) is 53.7 Å². The van der Waals surface area contributed by atoms with Gasteiger partial charge < -0.3 is 14.2 Å². The number of carbonyl (C=O) groups is 1. The molecule has 1 aliphatic heterocycles. The van der Waals surface area contributed by atoms with E-state index in [4.69, 9.17) is 29.3 Å². The molecular weight excluding hydrogens is 432 g/mol. The Balaban J connectivity index is 1.97. The molecule has 0 N–H and O–H groups in total. The van der Waals surface area contributed by atoms with Crippen LogP contribution in [0.1, 0.15) is 43.6 Å². The lowest BCUT2D eigenvalue weighted by atomic mass is 10.1. The minimum atomic E-state index is -0.477. The van der Waals surface area contributed by atoms with Gasteiger partial charge in [-0.2, -0.15) is 9.78 Å². The topological polar surface area (TPSA) is 87.3 Å². The predicted octanol–water partition coefficient (Wildman–Crippen LogP) is 4.92. The summed E-state index contributed by atoms with van der Waals surface area (Å²) in [6, 6.07) is 15.1. The normalized spacial score (nSPS) is 14.1. The smallest absolute Gasteiger partial charge is 0.344 e. The molecule has 0 fully saturated rings. The van der Waals surface area contributed by atoms with Crippen LogP contribution in [0.5, 0.6) is 11.5 Å². The SMILES string of the molecule is CCOC(=O)c1c(-c2ccccc2)nn2c1N=C(c1ccc(OC)c(OC)c1)C2=NC(C)(C)C. The standard InChI is InChI=1S/C26H28N4O4/c1-7-34-25(31)20-21(16-11-9-8-10-12-16)29-30-23(20)27-22(24(30)28-26(2,3)4)17-13-14-18(32-5)19(15-17)33-6/h8-15H,7H2,1-6H3. The van der Waals surface area contributed by atoms with Crippen molar-refractivity contribution >= 4 is 23.3 Å². The zero-order valence-electron chi connectivity index (χ0n) is 20.2. The first-order chi connectivity index (χ1) is 16.3. The number of aliphatic imine (C=N–C) groups is 2. The second kappa shape index (κ2) is 9.13. The summed E-state index contributed by atoms with van der Waals surface area (Å²) in [5.41, 5.74) is 2.55. The van der Waals surface area contributed by atoms with Crippen molar-refractivity contribution in [2.24, 2.45) is 9.98 Å². The Kier molecular flexibility index (Phi) is 6.24. The number of esters is 1. The number of methoxy groups -OCH3 is 2. The molecule has 0 spiro atoms. The van der Waals surface area contributed by atoms with Gasteiger partial charge in [0.15, 0.2) is 23.2 Å². The molecule has 3 aromatic rings. The maximum atomic E-state index is 13.1. The highest BCUT2D eigenvalue weighted by Gasteiger charge is 2.35. The minimum Gasteiger partial charge on any atom is -0.493 e. The summed E-state index contributed by atoms with van der Waals surface area (Å²) in [4.78, 5) is 22.8. The van der Waals surface area contributed by atoms with Crippen LogP contribution in [0.4, 0.5) is 5.82 Å². The number of fused-ring (bicyclic) bond motifs is 1. The summed E-state index contributed by atoms with van der Waals surface area (Å²) in [7, 11) is 3.17. The molecule has 0 atom stereocenters. The van der Waals surface area contributed by atoms with Crippen LogP contribution in [-0.2, 0) is 4.74 Å². The van der Waals surface area contributed by atoms with Gasteiger partial charge >= 0.3 is 5.97 Å². The van der Waals surface area contributed by atoms with Crippen LogP contribution < -0.4 is 9.47 Å². The molecule has 0 radical (unpaired) electrons. The van der Waals surface area contributed by atoms with E-state index in [9.17, 15) is 4.79 Å². The Hall–Kier alpha value is -3.94. The van der Waals surface area contributed by atoms with Gasteiger partial charge in [-0.05, 0) is 45.9 Å². The highest BCUT2D eigenvalue weighted by atomic mass is 16.5. The number of benzene rings is 2. The van der Waals surface area contributed by atoms with E-state index in [0.29, 0.717) is 40.1 Å². The maximum Gasteiger partial charge on any atom is 0.344 e. The van der Waals surface area contributed by atoms with Gasteiger partial charge in [0.25, 0.3) is 0 Å². The first-order valence-corrected chi connectivity index (χ1v) is 11.0. The zero-order chi connectivity index (χ0) is 24.5. The first kappa shape index (κ1) is 23.2. The number of aromatic nitrogens is 2. The van der Waals surface area contributed by atoms with Crippen molar-refractivity contribution in [1.29, 1.82) is 0 Å². The summed E-state index contributed by atoms with van der Waals surface area (Å²) in [6.45, 7) is 8.01. The van der Waals surface area contributed by atoms with E-state index in [1.165, 1.54) is 0 Å². The van der Waals surface area contributed by atoms with E-state index in [1.54, 1.807) is 25.8 Å². The van der Waals surface area contributed by atoms with Gasteiger partial charge in [-0.25, -0.2) is 9.79 Å². The fourth-order valence-electron chi connectivity index (χ4n) is 3.70. The molecule has 0 unspecified atom stereocenters. The van der Waals surface area contributed by atoms with Crippen LogP contribution in [0.2, 0.25) is 0 Å². The third-order valence-corrected chi connectivity index (χ3v) is 5.12. The summed E-state index contributed by atoms with van der Waals surface area (Å²) >= 11 is 0. The van der Waals surface area contributed by atoms with Gasteiger partial charge in [0.05, 0.1) is 26.4 Å². The molecule has 0 saturated carbocycles. The lowest BCUT2D eigenvalue weighted by Crippen LogP contribution is -2.25. The quantitative estimate of drug-likeness (QED) is 0.487. The molecule has 8 heteroatoms. The molecule has 0 saturated heterocycles. The minimum absolute atomic E-state index is 0.243. The van der Waals surface area contributed by atoms with Gasteiger partial charge in [-0.1, -0.05) is 30.3 Å². The fourth-order valence-corrected chi connectivity index (χ4v) is 3.70. The van der Waals surface area contributed by atoms with Crippen LogP contribution in [0.25, 0.3) is 11.3 Å². The number of nitrogens with zero attached hydrogens (tertiary/aromatic N) is 4. The highest BCUT2D eigenvalue weighted by molar-refractivity contribution is 6.50. The first-order valence-electron chi connectivity index (χ1n) is 11.0. The largest absolute Gasteiger partial charge is 0.493 e. The molecule has 2 aromatic carbocycles. The molecule has 8 nitrogen and oxygen atoms in total. The molecule has 1 aliphatic rings. The third kappa shape index (κ3) is 4.31. The summed E-state index contributed by atoms with van der Waals surface area (Å²) in [6.07, 6.45) is 0. The van der Waals surface area contributed by atoms with Crippen molar-refractivity contribution in [3.05, 3.63) is 59.7 Å². The number of hydrogen-bond acceptors (Lipinski definition) is 7. The molecule has 0 bridgehead atoms. The van der Waals surface area contributed by atoms with Gasteiger partial charge in [0.2, 0.25) is 0 Å². The van der Waals surface area contributed by atoms with Gasteiger partial charge in [-0.15, -0.1) is 0 Å². The summed E-state index contributed by atoms with van der Waals surface area (Å²) < 4.78 is 17.9. The van der Waals surface area contributed by atoms with Crippen molar-refractivity contribution in [2.75, 3.05) is 20.8 Å². The Morgan fingerprint density at radius 3 is 2.32 bits per heavy atom. The molecule has 34 heavy (non-hydrogen) atoms. The van der Waals surface area contributed by atoms with Crippen LogP contribution >= 0.6 is 0 Å². The Morgan fingerprint density at radius 1 is 1.00 bits per heavy atom. The van der Waals surface area contributed by atoms with Crippen molar-refractivity contribution in [1.82, 2.24) is 9.78 Å². The maximum absolute atomic E-state index is 13.1. The summed E-state index contributed by atoms with van der Waals surface area (Å²) in [5, 5.41) is 4.80. The number of hydrogen-bond donors (Lipinski definition) is 0. The second-order valence-corrected chi connectivity index (χ2v) is 8.68. The average Bonchev–Trinajstić information content (AvgIpc) is 3.35. The van der Waals surface area contributed by atoms with E-state index < -0.39 is 11.5 Å². The molecule has 0 aliphatic carbocycles. The van der Waals surface area contributed by atoms with Crippen molar-refractivity contribution < 1.29 is 19.0 Å². The Bertz CT molecular complexity index is 1280. The van der Waals surface area contributed by atoms with Crippen molar-refractivity contribution in [3.63, 3.8) is 0 Å². The molecule has 176 valence electrons. The zero-order valence-corrected chi connectivity index (χ0v) is 20.2. The van der Waals surface area contributed by atoms with E-state index >= 15 is 0 Å². The average molecular weight is 461 g/mol. The van der Waals surface area contributed by atoms with E-state index in [-0.39, 0.29) is 6.61 Å². The molecule has 2 heterocycles. The monoisotopic (exact) mass is 460 g/mol. The Labute approximate surface area is 198 Å². The predicted molar refractivity (Wildman–Crippen MR) is 132 cm³/mol. The highest BCUT2D eigenvalue weighted by Crippen LogP contribution is 2.37. The van der Waals surface area contributed by atoms with Crippen LogP contribution in [0.3, 0.4) is 0 Å². The van der Waals surface area contributed by atoms with E-state index in [1.807, 2.05) is 69.3 Å². The lowest BCUT2D eigenvalue weighted by Gasteiger charge is -2.15. The van der Waals surface area contributed by atoms with Crippen molar-refractivity contribution in [3.8, 4) is 22.8 Å². The van der Waals surface area contributed by atoms with Gasteiger partial charge in [0, 0.05) is 11.1 Å². The Morgan fingerprint density at radius 2 is 1.71 bits per heavy atom. The van der Waals surface area contributed by atoms with Gasteiger partial charge in [0.1, 0.15) is 17.0 Å². The van der Waals surface area contributed by atoms with E-state index in [0.717, 1.165) is 11.1 Å². The van der Waals surface area contributed by atoms with E-state index in [2.05, 4.69) is 0 Å². The van der Waals surface area contributed by atoms with Crippen LogP contribution in [0.15, 0.2) is 58.5 Å². The number of ether oxygens (including phenoxy) is 3. The number of rotatable bonds is 6. The summed E-state index contributed by atoms with van der Waals surface area (Å²) in [5.74, 6) is 1.64. The second-order valence-electron chi connectivity index (χ2n) is 8.68. The molecule has 0 amide bonds.